The Morgan fingerprint density at radius 3 is 2.34 bits per heavy atom. The van der Waals surface area contributed by atoms with Crippen LogP contribution in [0, 0.1) is 6.92 Å². The van der Waals surface area contributed by atoms with E-state index in [4.69, 9.17) is 4.98 Å². The highest BCUT2D eigenvalue weighted by Crippen LogP contribution is 2.51. The van der Waals surface area contributed by atoms with Gasteiger partial charge in [0.05, 0.1) is 11.3 Å². The highest BCUT2D eigenvalue weighted by Gasteiger charge is 2.40. The van der Waals surface area contributed by atoms with Crippen LogP contribution in [0.25, 0.3) is 33.5 Å². The van der Waals surface area contributed by atoms with Crippen LogP contribution in [0.1, 0.15) is 30.7 Å². The van der Waals surface area contributed by atoms with E-state index in [0.29, 0.717) is 0 Å². The molecule has 0 N–H and O–H groups in total. The zero-order chi connectivity index (χ0) is 20.2. The first kappa shape index (κ1) is 17.8. The van der Waals surface area contributed by atoms with Gasteiger partial charge in [0.2, 0.25) is 5.69 Å². The second kappa shape index (κ2) is 6.38. The Bertz CT molecular complexity index is 1240. The predicted molar refractivity (Wildman–Crippen MR) is 119 cm³/mol. The smallest absolute Gasteiger partial charge is 0.212 e. The molecule has 1 aliphatic carbocycles. The van der Waals surface area contributed by atoms with Gasteiger partial charge in [-0.25, -0.2) is 4.57 Å². The van der Waals surface area contributed by atoms with Crippen molar-refractivity contribution in [1.82, 2.24) is 4.98 Å². The molecule has 1 aliphatic rings. The molecule has 0 unspecified atom stereocenters. The van der Waals surface area contributed by atoms with Crippen LogP contribution in [-0.2, 0) is 12.5 Å². The minimum Gasteiger partial charge on any atom is -0.260 e. The molecule has 29 heavy (non-hydrogen) atoms. The number of hydrogen-bond acceptors (Lipinski definition) is 1. The fourth-order valence-electron chi connectivity index (χ4n) is 4.82. The van der Waals surface area contributed by atoms with E-state index in [1.54, 1.807) is 0 Å². The van der Waals surface area contributed by atoms with Crippen molar-refractivity contribution in [1.29, 1.82) is 0 Å². The Morgan fingerprint density at radius 1 is 0.793 bits per heavy atom. The van der Waals surface area contributed by atoms with Crippen molar-refractivity contribution in [3.63, 3.8) is 0 Å². The molecular formula is C27H25N2+. The van der Waals surface area contributed by atoms with E-state index in [-0.39, 0.29) is 5.41 Å². The molecule has 2 aromatic carbocycles. The molecule has 0 aliphatic heterocycles. The summed E-state index contributed by atoms with van der Waals surface area (Å²) in [4.78, 5) is 4.76. The Labute approximate surface area is 172 Å². The van der Waals surface area contributed by atoms with E-state index in [1.165, 1.54) is 50.3 Å². The topological polar surface area (TPSA) is 16.8 Å². The summed E-state index contributed by atoms with van der Waals surface area (Å²) in [6.07, 6.45) is 4.14. The summed E-state index contributed by atoms with van der Waals surface area (Å²) in [7, 11) is 2.15. The van der Waals surface area contributed by atoms with Crippen molar-refractivity contribution in [3.05, 3.63) is 95.9 Å². The molecule has 0 amide bonds. The third-order valence-corrected chi connectivity index (χ3v) is 6.23. The lowest BCUT2D eigenvalue weighted by molar-refractivity contribution is -0.659. The molecule has 5 rings (SSSR count). The second-order valence-corrected chi connectivity index (χ2v) is 8.48. The summed E-state index contributed by atoms with van der Waals surface area (Å²) < 4.78 is 2.26. The van der Waals surface area contributed by atoms with Gasteiger partial charge in [0, 0.05) is 28.8 Å². The number of nitrogens with zero attached hydrogens (tertiary/aromatic N) is 2. The van der Waals surface area contributed by atoms with E-state index >= 15 is 0 Å². The number of rotatable bonds is 2. The molecule has 142 valence electrons. The maximum Gasteiger partial charge on any atom is 0.212 e. The normalized spacial score (nSPS) is 13.8. The van der Waals surface area contributed by atoms with Gasteiger partial charge in [-0.05, 0) is 41.3 Å². The van der Waals surface area contributed by atoms with Crippen LogP contribution in [0.2, 0.25) is 0 Å². The van der Waals surface area contributed by atoms with Crippen molar-refractivity contribution >= 4 is 0 Å². The molecular weight excluding hydrogens is 352 g/mol. The number of aryl methyl sites for hydroxylation is 2. The molecule has 2 heteroatoms. The lowest BCUT2D eigenvalue weighted by Crippen LogP contribution is -2.32. The zero-order valence-corrected chi connectivity index (χ0v) is 17.4. The molecule has 2 nitrogen and oxygen atoms in total. The van der Waals surface area contributed by atoms with Crippen LogP contribution < -0.4 is 4.57 Å². The Kier molecular flexibility index (Phi) is 3.92. The van der Waals surface area contributed by atoms with Crippen molar-refractivity contribution in [3.8, 4) is 33.5 Å². The molecule has 0 saturated carbocycles. The van der Waals surface area contributed by atoms with Gasteiger partial charge in [-0.2, -0.15) is 0 Å². The summed E-state index contributed by atoms with van der Waals surface area (Å²) in [6, 6.07) is 23.8. The molecule has 0 fully saturated rings. The third-order valence-electron chi connectivity index (χ3n) is 6.23. The summed E-state index contributed by atoms with van der Waals surface area (Å²) in [6.45, 7) is 6.81. The first-order valence-electron chi connectivity index (χ1n) is 10.1. The Balaban J connectivity index is 1.73. The number of pyridine rings is 2. The lowest BCUT2D eigenvalue weighted by atomic mass is 9.80. The molecule has 0 bridgehead atoms. The summed E-state index contributed by atoms with van der Waals surface area (Å²) >= 11 is 0. The molecule has 4 aromatic rings. The van der Waals surface area contributed by atoms with Crippen LogP contribution >= 0.6 is 0 Å². The fraction of sp³-hybridized carbons (Fsp3) is 0.185. The zero-order valence-electron chi connectivity index (χ0n) is 17.4. The van der Waals surface area contributed by atoms with Gasteiger partial charge in [-0.1, -0.05) is 62.4 Å². The standard InChI is InChI=1S/C27H25N2/c1-18-12-14-21-22-11-8-16-28-26(22)27(2,3)25(21)24(18)23-15-13-20(17-29(23)4)19-9-6-5-7-10-19/h5-17H,1-4H3/q+1. The number of aromatic nitrogens is 2. The van der Waals surface area contributed by atoms with E-state index in [0.717, 1.165) is 0 Å². The third kappa shape index (κ3) is 2.63. The number of hydrogen-bond donors (Lipinski definition) is 0. The van der Waals surface area contributed by atoms with Crippen molar-refractivity contribution < 1.29 is 4.57 Å². The van der Waals surface area contributed by atoms with E-state index < -0.39 is 0 Å². The number of benzene rings is 2. The summed E-state index contributed by atoms with van der Waals surface area (Å²) in [5.41, 5.74) is 11.3. The monoisotopic (exact) mass is 377 g/mol. The second-order valence-electron chi connectivity index (χ2n) is 8.48. The number of fused-ring (bicyclic) bond motifs is 3. The molecule has 0 atom stereocenters. The highest BCUT2D eigenvalue weighted by molar-refractivity contribution is 5.87. The minimum absolute atomic E-state index is 0.127. The van der Waals surface area contributed by atoms with E-state index in [1.807, 2.05) is 12.3 Å². The summed E-state index contributed by atoms with van der Waals surface area (Å²) in [5, 5.41) is 0. The van der Waals surface area contributed by atoms with E-state index in [9.17, 15) is 0 Å². The van der Waals surface area contributed by atoms with Crippen LogP contribution in [0.4, 0.5) is 0 Å². The Hall–Kier alpha value is -3.26. The van der Waals surface area contributed by atoms with Gasteiger partial charge < -0.3 is 0 Å². The molecule has 2 heterocycles. The quantitative estimate of drug-likeness (QED) is 0.400. The van der Waals surface area contributed by atoms with Gasteiger partial charge >= 0.3 is 0 Å². The molecule has 0 radical (unpaired) electrons. The SMILES string of the molecule is Cc1ccc2c(c1-c1ccc(-c3ccccc3)c[n+]1C)C(C)(C)c1ncccc1-2. The van der Waals surface area contributed by atoms with Gasteiger partial charge in [0.15, 0.2) is 6.20 Å². The van der Waals surface area contributed by atoms with Crippen molar-refractivity contribution in [2.75, 3.05) is 0 Å². The largest absolute Gasteiger partial charge is 0.260 e. The minimum atomic E-state index is -0.127. The molecule has 0 saturated heterocycles. The van der Waals surface area contributed by atoms with Crippen molar-refractivity contribution in [2.24, 2.45) is 7.05 Å². The Morgan fingerprint density at radius 2 is 1.59 bits per heavy atom. The van der Waals surface area contributed by atoms with Gasteiger partial charge in [0.1, 0.15) is 7.05 Å². The van der Waals surface area contributed by atoms with Gasteiger partial charge in [-0.3, -0.25) is 4.98 Å². The van der Waals surface area contributed by atoms with Gasteiger partial charge in [-0.15, -0.1) is 0 Å². The average Bonchev–Trinajstić information content (AvgIpc) is 2.97. The summed E-state index contributed by atoms with van der Waals surface area (Å²) in [5.74, 6) is 0. The van der Waals surface area contributed by atoms with Crippen LogP contribution in [0.5, 0.6) is 0 Å². The molecule has 2 aromatic heterocycles. The van der Waals surface area contributed by atoms with E-state index in [2.05, 4.69) is 99.2 Å². The fourth-order valence-corrected chi connectivity index (χ4v) is 4.82. The van der Waals surface area contributed by atoms with Crippen LogP contribution in [0.15, 0.2) is 79.1 Å². The van der Waals surface area contributed by atoms with Gasteiger partial charge in [0.25, 0.3) is 0 Å². The first-order chi connectivity index (χ1) is 14.0. The lowest BCUT2D eigenvalue weighted by Gasteiger charge is -2.23. The highest BCUT2D eigenvalue weighted by atomic mass is 14.9. The maximum absolute atomic E-state index is 4.76. The predicted octanol–water partition coefficient (Wildman–Crippen LogP) is 5.85. The first-order valence-corrected chi connectivity index (χ1v) is 10.1. The van der Waals surface area contributed by atoms with Crippen molar-refractivity contribution in [2.45, 2.75) is 26.2 Å². The van der Waals surface area contributed by atoms with Crippen LogP contribution in [0.3, 0.4) is 0 Å². The average molecular weight is 378 g/mol. The maximum atomic E-state index is 4.76. The molecule has 0 spiro atoms. The van der Waals surface area contributed by atoms with Crippen LogP contribution in [-0.4, -0.2) is 4.98 Å².